The second-order valence-electron chi connectivity index (χ2n) is 5.20. The molecule has 1 aliphatic heterocycles. The van der Waals surface area contributed by atoms with Crippen molar-refractivity contribution < 1.29 is 13.2 Å². The molecule has 0 saturated heterocycles. The van der Waals surface area contributed by atoms with Crippen LogP contribution >= 0.6 is 10.7 Å². The van der Waals surface area contributed by atoms with Gasteiger partial charge in [-0.1, -0.05) is 6.92 Å². The van der Waals surface area contributed by atoms with Gasteiger partial charge in [0.05, 0.1) is 10.3 Å². The summed E-state index contributed by atoms with van der Waals surface area (Å²) in [5.41, 5.74) is 0.774. The second-order valence-corrected chi connectivity index (χ2v) is 7.76. The maximum Gasteiger partial charge on any atom is 0.261 e. The Bertz CT molecular complexity index is 637. The normalized spacial score (nSPS) is 17.7. The maximum atomic E-state index is 12.4. The van der Waals surface area contributed by atoms with Gasteiger partial charge in [-0.2, -0.15) is 0 Å². The molecule has 4 nitrogen and oxygen atoms in total. The predicted molar refractivity (Wildman–Crippen MR) is 75.2 cm³/mol. The second kappa shape index (κ2) is 4.49. The van der Waals surface area contributed by atoms with Crippen molar-refractivity contribution in [2.45, 2.75) is 37.5 Å². The molecule has 0 unspecified atom stereocenters. The predicted octanol–water partition coefficient (Wildman–Crippen LogP) is 2.65. The van der Waals surface area contributed by atoms with Gasteiger partial charge in [0.2, 0.25) is 5.91 Å². The Morgan fingerprint density at radius 2 is 1.95 bits per heavy atom. The molecule has 0 saturated carbocycles. The van der Waals surface area contributed by atoms with Crippen molar-refractivity contribution in [1.82, 2.24) is 0 Å². The first-order valence-electron chi connectivity index (χ1n) is 6.10. The standard InChI is InChI=1S/C13H16ClNO3S/c1-4-7-15-11-6-5-9(19(14,17)18)8-10(11)13(2,3)12(15)16/h5-6,8H,4,7H2,1-3H3. The van der Waals surface area contributed by atoms with Crippen LogP contribution in [0.15, 0.2) is 23.1 Å². The van der Waals surface area contributed by atoms with Gasteiger partial charge in [0.25, 0.3) is 9.05 Å². The molecule has 104 valence electrons. The van der Waals surface area contributed by atoms with Gasteiger partial charge < -0.3 is 4.90 Å². The SMILES string of the molecule is CCCN1C(=O)C(C)(C)c2cc(S(=O)(=O)Cl)ccc21. The van der Waals surface area contributed by atoms with Crippen molar-refractivity contribution in [3.05, 3.63) is 23.8 Å². The summed E-state index contributed by atoms with van der Waals surface area (Å²) in [6, 6.07) is 4.61. The molecule has 1 aromatic rings. The Kier molecular flexibility index (Phi) is 3.39. The molecule has 0 atom stereocenters. The van der Waals surface area contributed by atoms with Crippen molar-refractivity contribution in [3.63, 3.8) is 0 Å². The number of hydrogen-bond donors (Lipinski definition) is 0. The van der Waals surface area contributed by atoms with E-state index in [9.17, 15) is 13.2 Å². The zero-order valence-electron chi connectivity index (χ0n) is 11.1. The van der Waals surface area contributed by atoms with Gasteiger partial charge in [0.15, 0.2) is 0 Å². The van der Waals surface area contributed by atoms with Crippen LogP contribution in [0.1, 0.15) is 32.8 Å². The lowest BCUT2D eigenvalue weighted by Crippen LogP contribution is -2.36. The van der Waals surface area contributed by atoms with Gasteiger partial charge in [-0.25, -0.2) is 8.42 Å². The highest BCUT2D eigenvalue weighted by atomic mass is 35.7. The smallest absolute Gasteiger partial charge is 0.261 e. The number of nitrogens with zero attached hydrogens (tertiary/aromatic N) is 1. The first-order chi connectivity index (χ1) is 8.69. The quantitative estimate of drug-likeness (QED) is 0.807. The lowest BCUT2D eigenvalue weighted by Gasteiger charge is -2.19. The van der Waals surface area contributed by atoms with E-state index >= 15 is 0 Å². The Morgan fingerprint density at radius 1 is 1.32 bits per heavy atom. The number of rotatable bonds is 3. The van der Waals surface area contributed by atoms with E-state index < -0.39 is 14.5 Å². The van der Waals surface area contributed by atoms with E-state index in [1.807, 2.05) is 6.92 Å². The van der Waals surface area contributed by atoms with Crippen LogP contribution in [0.25, 0.3) is 0 Å². The first kappa shape index (κ1) is 14.3. The van der Waals surface area contributed by atoms with Gasteiger partial charge in [0, 0.05) is 22.9 Å². The van der Waals surface area contributed by atoms with Crippen LogP contribution in [0, 0.1) is 0 Å². The molecule has 6 heteroatoms. The molecule has 0 spiro atoms. The average Bonchev–Trinajstić information content (AvgIpc) is 2.50. The lowest BCUT2D eigenvalue weighted by molar-refractivity contribution is -0.122. The van der Waals surface area contributed by atoms with Crippen LogP contribution in [0.4, 0.5) is 5.69 Å². The maximum absolute atomic E-state index is 12.4. The fraction of sp³-hybridized carbons (Fsp3) is 0.462. The van der Waals surface area contributed by atoms with E-state index in [2.05, 4.69) is 0 Å². The zero-order chi connectivity index (χ0) is 14.4. The average molecular weight is 302 g/mol. The number of hydrogen-bond acceptors (Lipinski definition) is 3. The third-order valence-electron chi connectivity index (χ3n) is 3.44. The fourth-order valence-corrected chi connectivity index (χ4v) is 3.19. The lowest BCUT2D eigenvalue weighted by atomic mass is 9.86. The molecule has 2 rings (SSSR count). The number of amides is 1. The Balaban J connectivity index is 2.63. The van der Waals surface area contributed by atoms with Crippen molar-refractivity contribution in [2.75, 3.05) is 11.4 Å². The van der Waals surface area contributed by atoms with Gasteiger partial charge in [-0.3, -0.25) is 4.79 Å². The van der Waals surface area contributed by atoms with E-state index in [0.29, 0.717) is 12.1 Å². The van der Waals surface area contributed by atoms with E-state index in [1.165, 1.54) is 12.1 Å². The molecule has 0 bridgehead atoms. The van der Waals surface area contributed by atoms with Gasteiger partial charge >= 0.3 is 0 Å². The van der Waals surface area contributed by atoms with E-state index in [-0.39, 0.29) is 10.8 Å². The van der Waals surface area contributed by atoms with E-state index in [4.69, 9.17) is 10.7 Å². The number of anilines is 1. The van der Waals surface area contributed by atoms with Gasteiger partial charge in [-0.05, 0) is 44.0 Å². The number of carbonyl (C=O) groups is 1. The summed E-state index contributed by atoms with van der Waals surface area (Å²) in [6.07, 6.45) is 0.844. The molecule has 19 heavy (non-hydrogen) atoms. The molecular weight excluding hydrogens is 286 g/mol. The Hall–Kier alpha value is -1.07. The van der Waals surface area contributed by atoms with Gasteiger partial charge in [-0.15, -0.1) is 0 Å². The number of fused-ring (bicyclic) bond motifs is 1. The van der Waals surface area contributed by atoms with Crippen LogP contribution in [0.2, 0.25) is 0 Å². The number of carbonyl (C=O) groups excluding carboxylic acids is 1. The summed E-state index contributed by atoms with van der Waals surface area (Å²) in [4.78, 5) is 14.1. The van der Waals surface area contributed by atoms with Crippen molar-refractivity contribution in [3.8, 4) is 0 Å². The topological polar surface area (TPSA) is 54.5 Å². The monoisotopic (exact) mass is 301 g/mol. The Morgan fingerprint density at radius 3 is 2.47 bits per heavy atom. The molecule has 0 fully saturated rings. The molecule has 0 aromatic heterocycles. The third-order valence-corrected chi connectivity index (χ3v) is 4.79. The van der Waals surface area contributed by atoms with Crippen LogP contribution in [-0.2, 0) is 19.3 Å². The third kappa shape index (κ3) is 2.25. The molecule has 1 heterocycles. The first-order valence-corrected chi connectivity index (χ1v) is 8.41. The van der Waals surface area contributed by atoms with Crippen molar-refractivity contribution in [2.24, 2.45) is 0 Å². The summed E-state index contributed by atoms with van der Waals surface area (Å²) in [5, 5.41) is 0. The highest BCUT2D eigenvalue weighted by Gasteiger charge is 2.43. The minimum Gasteiger partial charge on any atom is -0.311 e. The van der Waals surface area contributed by atoms with Crippen LogP contribution in [0.5, 0.6) is 0 Å². The number of halogens is 1. The minimum absolute atomic E-state index is 0.00605. The molecule has 1 amide bonds. The van der Waals surface area contributed by atoms with E-state index in [0.717, 1.165) is 12.1 Å². The molecule has 1 aromatic carbocycles. The summed E-state index contributed by atoms with van der Waals surface area (Å²) >= 11 is 0. The summed E-state index contributed by atoms with van der Waals surface area (Å²) in [7, 11) is 1.58. The summed E-state index contributed by atoms with van der Waals surface area (Å²) < 4.78 is 22.8. The largest absolute Gasteiger partial charge is 0.311 e. The van der Waals surface area contributed by atoms with Crippen LogP contribution in [-0.4, -0.2) is 20.9 Å². The highest BCUT2D eigenvalue weighted by molar-refractivity contribution is 8.13. The summed E-state index contributed by atoms with van der Waals surface area (Å²) in [6.45, 7) is 6.22. The number of benzene rings is 1. The highest BCUT2D eigenvalue weighted by Crippen LogP contribution is 2.42. The summed E-state index contributed by atoms with van der Waals surface area (Å²) in [5.74, 6) is -0.00605. The molecule has 0 aliphatic carbocycles. The van der Waals surface area contributed by atoms with E-state index in [1.54, 1.807) is 24.8 Å². The molecule has 0 radical (unpaired) electrons. The van der Waals surface area contributed by atoms with Gasteiger partial charge in [0.1, 0.15) is 0 Å². The van der Waals surface area contributed by atoms with Crippen molar-refractivity contribution in [1.29, 1.82) is 0 Å². The Labute approximate surface area is 117 Å². The zero-order valence-corrected chi connectivity index (χ0v) is 12.7. The van der Waals surface area contributed by atoms with Crippen molar-refractivity contribution >= 4 is 31.3 Å². The van der Waals surface area contributed by atoms with Crippen LogP contribution < -0.4 is 4.90 Å². The fourth-order valence-electron chi connectivity index (χ4n) is 2.41. The molecular formula is C13H16ClNO3S. The van der Waals surface area contributed by atoms with Crippen LogP contribution in [0.3, 0.4) is 0 Å². The molecule has 0 N–H and O–H groups in total. The molecule has 1 aliphatic rings. The minimum atomic E-state index is -3.78.